The maximum Gasteiger partial charge on any atom is 0.224 e. The van der Waals surface area contributed by atoms with E-state index in [4.69, 9.17) is 5.73 Å². The molecule has 0 aromatic rings. The number of nitrogens with zero attached hydrogens (tertiary/aromatic N) is 1. The van der Waals surface area contributed by atoms with Crippen LogP contribution in [0.4, 0.5) is 0 Å². The zero-order chi connectivity index (χ0) is 14.1. The molecule has 0 radical (unpaired) electrons. The molecule has 0 aromatic carbocycles. The van der Waals surface area contributed by atoms with Gasteiger partial charge in [-0.05, 0) is 25.7 Å². The molecule has 1 aliphatic rings. The predicted octanol–water partition coefficient (Wildman–Crippen LogP) is 1.02. The monoisotopic (exact) mass is 269 g/mol. The number of piperidine rings is 1. The van der Waals surface area contributed by atoms with E-state index in [-0.39, 0.29) is 17.9 Å². The van der Waals surface area contributed by atoms with Gasteiger partial charge in [0, 0.05) is 38.5 Å². The molecule has 1 saturated heterocycles. The van der Waals surface area contributed by atoms with Crippen molar-refractivity contribution < 1.29 is 9.59 Å². The van der Waals surface area contributed by atoms with Gasteiger partial charge in [0.2, 0.25) is 11.8 Å². The normalized spacial score (nSPS) is 17.1. The van der Waals surface area contributed by atoms with Crippen molar-refractivity contribution in [3.05, 3.63) is 0 Å². The minimum atomic E-state index is -0.0669. The van der Waals surface area contributed by atoms with E-state index in [2.05, 4.69) is 12.2 Å². The van der Waals surface area contributed by atoms with Crippen molar-refractivity contribution >= 4 is 11.8 Å². The maximum atomic E-state index is 11.9. The van der Waals surface area contributed by atoms with E-state index in [0.717, 1.165) is 38.8 Å². The van der Waals surface area contributed by atoms with Crippen LogP contribution in [0.15, 0.2) is 0 Å². The van der Waals surface area contributed by atoms with Gasteiger partial charge in [0.15, 0.2) is 0 Å². The Morgan fingerprint density at radius 1 is 1.26 bits per heavy atom. The Morgan fingerprint density at radius 3 is 2.58 bits per heavy atom. The summed E-state index contributed by atoms with van der Waals surface area (Å²) in [6.07, 6.45) is 6.02. The first-order valence-corrected chi connectivity index (χ1v) is 7.43. The maximum absolute atomic E-state index is 11.9. The first-order valence-electron chi connectivity index (χ1n) is 7.43. The van der Waals surface area contributed by atoms with Crippen LogP contribution >= 0.6 is 0 Å². The first kappa shape index (κ1) is 16.0. The van der Waals surface area contributed by atoms with Crippen LogP contribution in [-0.4, -0.2) is 42.4 Å². The lowest BCUT2D eigenvalue weighted by molar-refractivity contribution is -0.132. The Labute approximate surface area is 115 Å². The van der Waals surface area contributed by atoms with Crippen LogP contribution in [0.2, 0.25) is 0 Å². The highest BCUT2D eigenvalue weighted by Gasteiger charge is 2.16. The van der Waals surface area contributed by atoms with Gasteiger partial charge in [0.05, 0.1) is 0 Å². The largest absolute Gasteiger partial charge is 0.356 e. The molecule has 110 valence electrons. The number of nitrogens with one attached hydrogen (secondary N) is 1. The Hall–Kier alpha value is -1.10. The van der Waals surface area contributed by atoms with Crippen LogP contribution in [-0.2, 0) is 9.59 Å². The lowest BCUT2D eigenvalue weighted by atomic mass is 10.1. The molecule has 0 aliphatic carbocycles. The fourth-order valence-corrected chi connectivity index (χ4v) is 2.39. The van der Waals surface area contributed by atoms with Gasteiger partial charge in [-0.1, -0.05) is 13.3 Å². The van der Waals surface area contributed by atoms with Crippen LogP contribution in [0.3, 0.4) is 0 Å². The summed E-state index contributed by atoms with van der Waals surface area (Å²) in [7, 11) is 0. The molecule has 1 heterocycles. The van der Waals surface area contributed by atoms with Crippen LogP contribution in [0.25, 0.3) is 0 Å². The lowest BCUT2D eigenvalue weighted by Gasteiger charge is -2.26. The molecule has 1 unspecified atom stereocenters. The second kappa shape index (κ2) is 8.91. The summed E-state index contributed by atoms with van der Waals surface area (Å²) in [5, 5.41) is 2.78. The standard InChI is InChI=1S/C14H27N3O2/c1-2-6-12(15)11-13(18)16-8-7-14(19)17-9-4-3-5-10-17/h12H,2-11,15H2,1H3,(H,16,18). The molecule has 1 fully saturated rings. The number of hydrogen-bond acceptors (Lipinski definition) is 3. The molecule has 0 aromatic heterocycles. The smallest absolute Gasteiger partial charge is 0.224 e. The van der Waals surface area contributed by atoms with Crippen LogP contribution in [0.1, 0.15) is 51.9 Å². The Bertz CT molecular complexity index is 288. The van der Waals surface area contributed by atoms with E-state index in [1.54, 1.807) is 0 Å². The molecule has 5 heteroatoms. The van der Waals surface area contributed by atoms with Gasteiger partial charge in [-0.25, -0.2) is 0 Å². The average Bonchev–Trinajstić information content (AvgIpc) is 2.39. The van der Waals surface area contributed by atoms with E-state index < -0.39 is 0 Å². The second-order valence-corrected chi connectivity index (χ2v) is 5.29. The molecule has 1 atom stereocenters. The highest BCUT2D eigenvalue weighted by molar-refractivity contribution is 5.79. The Balaban J connectivity index is 2.11. The van der Waals surface area contributed by atoms with E-state index in [1.807, 2.05) is 4.90 Å². The van der Waals surface area contributed by atoms with Gasteiger partial charge in [-0.2, -0.15) is 0 Å². The summed E-state index contributed by atoms with van der Waals surface area (Å²) in [5.74, 6) is 0.102. The van der Waals surface area contributed by atoms with Crippen molar-refractivity contribution in [2.24, 2.45) is 5.73 Å². The minimum Gasteiger partial charge on any atom is -0.356 e. The molecule has 1 aliphatic heterocycles. The Kier molecular flexibility index (Phi) is 7.48. The van der Waals surface area contributed by atoms with Crippen molar-refractivity contribution in [2.45, 2.75) is 57.9 Å². The predicted molar refractivity (Wildman–Crippen MR) is 75.6 cm³/mol. The third kappa shape index (κ3) is 6.57. The van der Waals surface area contributed by atoms with E-state index in [0.29, 0.717) is 19.4 Å². The summed E-state index contributed by atoms with van der Waals surface area (Å²) in [6.45, 7) is 4.21. The van der Waals surface area contributed by atoms with Crippen molar-refractivity contribution in [1.82, 2.24) is 10.2 Å². The van der Waals surface area contributed by atoms with E-state index in [1.165, 1.54) is 6.42 Å². The van der Waals surface area contributed by atoms with Gasteiger partial charge >= 0.3 is 0 Å². The summed E-state index contributed by atoms with van der Waals surface area (Å²) in [4.78, 5) is 25.3. The van der Waals surface area contributed by atoms with Crippen molar-refractivity contribution in [2.75, 3.05) is 19.6 Å². The van der Waals surface area contributed by atoms with E-state index >= 15 is 0 Å². The summed E-state index contributed by atoms with van der Waals surface area (Å²) in [6, 6.07) is -0.0669. The molecular formula is C14H27N3O2. The number of hydrogen-bond donors (Lipinski definition) is 2. The topological polar surface area (TPSA) is 75.4 Å². The van der Waals surface area contributed by atoms with Gasteiger partial charge in [-0.15, -0.1) is 0 Å². The highest BCUT2D eigenvalue weighted by atomic mass is 16.2. The van der Waals surface area contributed by atoms with Crippen LogP contribution in [0.5, 0.6) is 0 Å². The number of rotatable bonds is 7. The minimum absolute atomic E-state index is 0.0487. The zero-order valence-corrected chi connectivity index (χ0v) is 12.0. The van der Waals surface area contributed by atoms with Gasteiger partial charge in [-0.3, -0.25) is 9.59 Å². The SMILES string of the molecule is CCCC(N)CC(=O)NCCC(=O)N1CCCCC1. The first-order chi connectivity index (χ1) is 9.13. The third-order valence-electron chi connectivity index (χ3n) is 3.48. The van der Waals surface area contributed by atoms with Crippen LogP contribution in [0, 0.1) is 0 Å². The number of amides is 2. The average molecular weight is 269 g/mol. The molecular weight excluding hydrogens is 242 g/mol. The zero-order valence-electron chi connectivity index (χ0n) is 12.0. The van der Waals surface area contributed by atoms with Crippen molar-refractivity contribution in [3.8, 4) is 0 Å². The summed E-state index contributed by atoms with van der Waals surface area (Å²) in [5.41, 5.74) is 5.80. The lowest BCUT2D eigenvalue weighted by Crippen LogP contribution is -2.38. The number of nitrogens with two attached hydrogens (primary N) is 1. The molecule has 0 spiro atoms. The summed E-state index contributed by atoms with van der Waals surface area (Å²) >= 11 is 0. The molecule has 0 bridgehead atoms. The molecule has 1 rings (SSSR count). The number of carbonyl (C=O) groups excluding carboxylic acids is 2. The fourth-order valence-electron chi connectivity index (χ4n) is 2.39. The highest BCUT2D eigenvalue weighted by Crippen LogP contribution is 2.09. The Morgan fingerprint density at radius 2 is 1.95 bits per heavy atom. The fraction of sp³-hybridized carbons (Fsp3) is 0.857. The molecule has 3 N–H and O–H groups in total. The van der Waals surface area contributed by atoms with Gasteiger partial charge in [0.25, 0.3) is 0 Å². The molecule has 19 heavy (non-hydrogen) atoms. The van der Waals surface area contributed by atoms with Crippen molar-refractivity contribution in [1.29, 1.82) is 0 Å². The van der Waals surface area contributed by atoms with Crippen molar-refractivity contribution in [3.63, 3.8) is 0 Å². The van der Waals surface area contributed by atoms with E-state index in [9.17, 15) is 9.59 Å². The quantitative estimate of drug-likeness (QED) is 0.724. The summed E-state index contributed by atoms with van der Waals surface area (Å²) < 4.78 is 0. The third-order valence-corrected chi connectivity index (χ3v) is 3.48. The number of carbonyl (C=O) groups is 2. The molecule has 0 saturated carbocycles. The number of likely N-dealkylation sites (tertiary alicyclic amines) is 1. The van der Waals surface area contributed by atoms with Crippen LogP contribution < -0.4 is 11.1 Å². The molecule has 5 nitrogen and oxygen atoms in total. The van der Waals surface area contributed by atoms with Gasteiger partial charge < -0.3 is 16.0 Å². The van der Waals surface area contributed by atoms with Gasteiger partial charge in [0.1, 0.15) is 0 Å². The second-order valence-electron chi connectivity index (χ2n) is 5.29. The molecule has 2 amide bonds.